The Bertz CT molecular complexity index is 600. The van der Waals surface area contributed by atoms with Crippen LogP contribution in [-0.2, 0) is 0 Å². The third-order valence-electron chi connectivity index (χ3n) is 3.56. The fraction of sp³-hybridized carbons (Fsp3) is 0.400. The smallest absolute Gasteiger partial charge is 0.295 e. The molecular weight excluding hydrogens is 238 g/mol. The van der Waals surface area contributed by atoms with E-state index in [0.29, 0.717) is 11.7 Å². The van der Waals surface area contributed by atoms with Crippen LogP contribution in [0.3, 0.4) is 0 Å². The molecule has 0 bridgehead atoms. The van der Waals surface area contributed by atoms with Crippen LogP contribution >= 0.6 is 0 Å². The summed E-state index contributed by atoms with van der Waals surface area (Å²) in [5.74, 6) is 0. The molecule has 0 fully saturated rings. The van der Waals surface area contributed by atoms with Crippen LogP contribution in [0.4, 0.5) is 11.7 Å². The first-order chi connectivity index (χ1) is 9.33. The van der Waals surface area contributed by atoms with E-state index in [-0.39, 0.29) is 0 Å². The summed E-state index contributed by atoms with van der Waals surface area (Å²) in [5.41, 5.74) is 9.54. The summed E-state index contributed by atoms with van der Waals surface area (Å²) in [6.45, 7) is 0.860. The Labute approximate surface area is 112 Å². The molecular formula is C15H19N3O. The molecule has 4 nitrogen and oxygen atoms in total. The molecule has 1 aromatic heterocycles. The minimum Gasteiger partial charge on any atom is -0.423 e. The van der Waals surface area contributed by atoms with E-state index >= 15 is 0 Å². The van der Waals surface area contributed by atoms with Gasteiger partial charge in [0.1, 0.15) is 5.52 Å². The van der Waals surface area contributed by atoms with Crippen molar-refractivity contribution in [1.82, 2.24) is 4.98 Å². The van der Waals surface area contributed by atoms with Crippen molar-refractivity contribution in [3.63, 3.8) is 0 Å². The minimum atomic E-state index is 0.560. The maximum Gasteiger partial charge on any atom is 0.295 e. The zero-order valence-corrected chi connectivity index (χ0v) is 11.0. The van der Waals surface area contributed by atoms with E-state index in [0.717, 1.165) is 24.1 Å². The predicted molar refractivity (Wildman–Crippen MR) is 78.1 cm³/mol. The number of aromatic nitrogens is 1. The van der Waals surface area contributed by atoms with Gasteiger partial charge in [-0.3, -0.25) is 0 Å². The van der Waals surface area contributed by atoms with Crippen molar-refractivity contribution < 1.29 is 4.42 Å². The molecule has 3 rings (SSSR count). The molecule has 1 aliphatic rings. The minimum absolute atomic E-state index is 0.560. The van der Waals surface area contributed by atoms with Crippen molar-refractivity contribution in [2.45, 2.75) is 32.1 Å². The Morgan fingerprint density at radius 3 is 3.05 bits per heavy atom. The monoisotopic (exact) mass is 257 g/mol. The molecule has 100 valence electrons. The number of oxazole rings is 1. The molecule has 0 saturated carbocycles. The predicted octanol–water partition coefficient (Wildman–Crippen LogP) is 3.71. The fourth-order valence-electron chi connectivity index (χ4n) is 2.51. The molecule has 0 atom stereocenters. The lowest BCUT2D eigenvalue weighted by Gasteiger charge is -2.12. The summed E-state index contributed by atoms with van der Waals surface area (Å²) in [6.07, 6.45) is 8.56. The lowest BCUT2D eigenvalue weighted by molar-refractivity contribution is 0.612. The van der Waals surface area contributed by atoms with E-state index in [2.05, 4.69) is 16.4 Å². The van der Waals surface area contributed by atoms with Gasteiger partial charge in [0.15, 0.2) is 5.58 Å². The van der Waals surface area contributed by atoms with E-state index in [1.807, 2.05) is 18.2 Å². The summed E-state index contributed by atoms with van der Waals surface area (Å²) in [7, 11) is 0. The highest BCUT2D eigenvalue weighted by molar-refractivity contribution is 5.86. The van der Waals surface area contributed by atoms with Crippen LogP contribution in [0.5, 0.6) is 0 Å². The number of nitrogens with zero attached hydrogens (tertiary/aromatic N) is 1. The molecule has 19 heavy (non-hydrogen) atoms. The second-order valence-electron chi connectivity index (χ2n) is 5.00. The topological polar surface area (TPSA) is 64.1 Å². The van der Waals surface area contributed by atoms with Gasteiger partial charge in [-0.05, 0) is 44.2 Å². The van der Waals surface area contributed by atoms with E-state index < -0.39 is 0 Å². The van der Waals surface area contributed by atoms with E-state index in [1.54, 1.807) is 5.57 Å². The summed E-state index contributed by atoms with van der Waals surface area (Å²) in [5, 5.41) is 3.23. The summed E-state index contributed by atoms with van der Waals surface area (Å²) in [4.78, 5) is 4.37. The van der Waals surface area contributed by atoms with Crippen LogP contribution in [0.25, 0.3) is 11.1 Å². The quantitative estimate of drug-likeness (QED) is 0.647. The van der Waals surface area contributed by atoms with E-state index in [4.69, 9.17) is 10.2 Å². The van der Waals surface area contributed by atoms with Gasteiger partial charge in [0.2, 0.25) is 0 Å². The second kappa shape index (κ2) is 5.34. The Kier molecular flexibility index (Phi) is 3.40. The highest BCUT2D eigenvalue weighted by Crippen LogP contribution is 2.24. The van der Waals surface area contributed by atoms with Crippen LogP contribution in [0.1, 0.15) is 32.1 Å². The van der Waals surface area contributed by atoms with Crippen molar-refractivity contribution in [3.8, 4) is 0 Å². The fourth-order valence-corrected chi connectivity index (χ4v) is 2.51. The largest absolute Gasteiger partial charge is 0.423 e. The highest BCUT2D eigenvalue weighted by Gasteiger charge is 2.08. The second-order valence-corrected chi connectivity index (χ2v) is 5.00. The summed E-state index contributed by atoms with van der Waals surface area (Å²) >= 11 is 0. The molecule has 0 spiro atoms. The normalized spacial score (nSPS) is 15.5. The molecule has 1 aromatic carbocycles. The van der Waals surface area contributed by atoms with Crippen LogP contribution in [0.2, 0.25) is 0 Å². The molecule has 0 saturated heterocycles. The number of para-hydroxylation sites is 1. The number of allylic oxidation sites excluding steroid dienone is 1. The number of nitrogens with two attached hydrogens (primary N) is 1. The molecule has 0 aliphatic heterocycles. The number of benzene rings is 1. The Morgan fingerprint density at radius 1 is 1.32 bits per heavy atom. The van der Waals surface area contributed by atoms with Gasteiger partial charge in [-0.1, -0.05) is 17.7 Å². The van der Waals surface area contributed by atoms with Gasteiger partial charge in [-0.15, -0.1) is 0 Å². The lowest BCUT2D eigenvalue weighted by Crippen LogP contribution is -2.04. The standard InChI is InChI=1S/C15H19N3O/c16-12-7-4-8-13-14(12)18-15(19-13)17-10-9-11-5-2-1-3-6-11/h4-5,7-8H,1-3,6,9-10,16H2,(H,17,18). The maximum absolute atomic E-state index is 5.86. The van der Waals surface area contributed by atoms with Crippen LogP contribution < -0.4 is 11.1 Å². The Hall–Kier alpha value is -1.97. The van der Waals surface area contributed by atoms with Crippen molar-refractivity contribution >= 4 is 22.8 Å². The van der Waals surface area contributed by atoms with Gasteiger partial charge in [-0.2, -0.15) is 4.98 Å². The first-order valence-electron chi connectivity index (χ1n) is 6.90. The first-order valence-corrected chi connectivity index (χ1v) is 6.90. The third kappa shape index (κ3) is 2.72. The molecule has 0 amide bonds. The molecule has 1 heterocycles. The Balaban J connectivity index is 1.62. The SMILES string of the molecule is Nc1cccc2oc(NCCC3=CCCCC3)nc12. The van der Waals surface area contributed by atoms with Crippen molar-refractivity contribution in [3.05, 3.63) is 29.8 Å². The zero-order chi connectivity index (χ0) is 13.1. The molecule has 0 radical (unpaired) electrons. The van der Waals surface area contributed by atoms with Crippen LogP contribution in [0.15, 0.2) is 34.3 Å². The van der Waals surface area contributed by atoms with Crippen molar-refractivity contribution in [2.75, 3.05) is 17.6 Å². The number of nitrogen functional groups attached to an aromatic ring is 1. The van der Waals surface area contributed by atoms with Gasteiger partial charge in [0.05, 0.1) is 5.69 Å². The average molecular weight is 257 g/mol. The molecule has 1 aliphatic carbocycles. The summed E-state index contributed by atoms with van der Waals surface area (Å²) in [6, 6.07) is 6.15. The van der Waals surface area contributed by atoms with E-state index in [9.17, 15) is 0 Å². The highest BCUT2D eigenvalue weighted by atomic mass is 16.4. The van der Waals surface area contributed by atoms with Crippen LogP contribution in [0, 0.1) is 0 Å². The number of hydrogen-bond acceptors (Lipinski definition) is 4. The molecule has 0 unspecified atom stereocenters. The van der Waals surface area contributed by atoms with E-state index in [1.165, 1.54) is 25.7 Å². The van der Waals surface area contributed by atoms with Crippen LogP contribution in [-0.4, -0.2) is 11.5 Å². The number of fused-ring (bicyclic) bond motifs is 1. The Morgan fingerprint density at radius 2 is 2.26 bits per heavy atom. The number of anilines is 2. The first kappa shape index (κ1) is 12.1. The third-order valence-corrected chi connectivity index (χ3v) is 3.56. The summed E-state index contributed by atoms with van der Waals surface area (Å²) < 4.78 is 5.62. The van der Waals surface area contributed by atoms with Gasteiger partial charge >= 0.3 is 0 Å². The molecule has 3 N–H and O–H groups in total. The van der Waals surface area contributed by atoms with Gasteiger partial charge < -0.3 is 15.5 Å². The molecule has 4 heteroatoms. The van der Waals surface area contributed by atoms with Crippen molar-refractivity contribution in [1.29, 1.82) is 0 Å². The average Bonchev–Trinajstić information content (AvgIpc) is 2.84. The lowest BCUT2D eigenvalue weighted by atomic mass is 9.97. The number of hydrogen-bond donors (Lipinski definition) is 2. The number of nitrogens with one attached hydrogen (secondary N) is 1. The van der Waals surface area contributed by atoms with Crippen molar-refractivity contribution in [2.24, 2.45) is 0 Å². The number of rotatable bonds is 4. The zero-order valence-electron chi connectivity index (χ0n) is 11.0. The maximum atomic E-state index is 5.86. The van der Waals surface area contributed by atoms with Gasteiger partial charge in [0.25, 0.3) is 6.01 Å². The van der Waals surface area contributed by atoms with Gasteiger partial charge in [0, 0.05) is 6.54 Å². The molecule has 2 aromatic rings. The van der Waals surface area contributed by atoms with Gasteiger partial charge in [-0.25, -0.2) is 0 Å².